The Bertz CT molecular complexity index is 415. The maximum Gasteiger partial charge on any atom is 0.181 e. The Labute approximate surface area is 117 Å². The molecule has 1 heterocycles. The van der Waals surface area contributed by atoms with Crippen LogP contribution in [-0.4, -0.2) is 10.7 Å². The summed E-state index contributed by atoms with van der Waals surface area (Å²) in [6.45, 7) is 8.01. The molecule has 0 saturated heterocycles. The van der Waals surface area contributed by atoms with Gasteiger partial charge in [0.05, 0.1) is 0 Å². The Hall–Kier alpha value is -0.810. The highest BCUT2D eigenvalue weighted by Crippen LogP contribution is 2.27. The van der Waals surface area contributed by atoms with Crippen LogP contribution in [-0.2, 0) is 6.42 Å². The number of ether oxygens (including phenoxy) is 1. The highest BCUT2D eigenvalue weighted by molar-refractivity contribution is 7.13. The number of thiophene rings is 1. The maximum absolute atomic E-state index is 8.64. The van der Waals surface area contributed by atoms with Crippen molar-refractivity contribution in [1.82, 2.24) is 5.48 Å². The van der Waals surface area contributed by atoms with E-state index in [-0.39, 0.29) is 0 Å². The summed E-state index contributed by atoms with van der Waals surface area (Å²) in [6.07, 6.45) is 4.44. The second-order valence-electron chi connectivity index (χ2n) is 4.19. The van der Waals surface area contributed by atoms with Crippen molar-refractivity contribution in [2.24, 2.45) is 5.92 Å². The third-order valence-corrected chi connectivity index (χ3v) is 3.29. The minimum absolute atomic E-state index is 0.469. The van der Waals surface area contributed by atoms with Crippen LogP contribution in [0, 0.1) is 5.92 Å². The van der Waals surface area contributed by atoms with Gasteiger partial charge in [0.2, 0.25) is 0 Å². The fourth-order valence-electron chi connectivity index (χ4n) is 1.21. The summed E-state index contributed by atoms with van der Waals surface area (Å²) < 4.78 is 5.57. The molecule has 0 saturated carbocycles. The SMILES string of the molecule is C=C(/C=C\C(C)C)Oc1ccc(CC(Cl)NO)s1. The fraction of sp³-hybridized carbons (Fsp3) is 0.385. The lowest BCUT2D eigenvalue weighted by atomic mass is 10.2. The van der Waals surface area contributed by atoms with Gasteiger partial charge in [0, 0.05) is 11.3 Å². The first-order valence-corrected chi connectivity index (χ1v) is 6.94. The number of alkyl halides is 1. The molecule has 1 atom stereocenters. The molecule has 18 heavy (non-hydrogen) atoms. The van der Waals surface area contributed by atoms with Crippen molar-refractivity contribution in [2.45, 2.75) is 25.8 Å². The lowest BCUT2D eigenvalue weighted by Crippen LogP contribution is -2.20. The van der Waals surface area contributed by atoms with E-state index in [1.54, 1.807) is 0 Å². The number of hydrogen-bond acceptors (Lipinski definition) is 4. The second-order valence-corrected chi connectivity index (χ2v) is 5.85. The molecule has 0 radical (unpaired) electrons. The van der Waals surface area contributed by atoms with E-state index < -0.39 is 5.50 Å². The number of allylic oxidation sites excluding steroid dienone is 2. The van der Waals surface area contributed by atoms with Crippen molar-refractivity contribution in [2.75, 3.05) is 0 Å². The molecule has 100 valence electrons. The van der Waals surface area contributed by atoms with Gasteiger partial charge in [-0.05, 0) is 24.1 Å². The molecule has 0 aliphatic carbocycles. The van der Waals surface area contributed by atoms with Crippen molar-refractivity contribution < 1.29 is 9.94 Å². The highest BCUT2D eigenvalue weighted by atomic mass is 35.5. The van der Waals surface area contributed by atoms with E-state index in [0.29, 0.717) is 18.1 Å². The molecule has 2 N–H and O–H groups in total. The molecule has 0 amide bonds. The summed E-state index contributed by atoms with van der Waals surface area (Å²) in [5.74, 6) is 1.08. The van der Waals surface area contributed by atoms with Gasteiger partial charge >= 0.3 is 0 Å². The van der Waals surface area contributed by atoms with Gasteiger partial charge < -0.3 is 9.94 Å². The molecule has 0 fully saturated rings. The predicted octanol–water partition coefficient (Wildman–Crippen LogP) is 3.94. The van der Waals surface area contributed by atoms with Crippen LogP contribution >= 0.6 is 22.9 Å². The van der Waals surface area contributed by atoms with E-state index in [4.69, 9.17) is 21.5 Å². The molecule has 5 heteroatoms. The second kappa shape index (κ2) is 7.59. The molecular weight excluding hydrogens is 270 g/mol. The van der Waals surface area contributed by atoms with Crippen LogP contribution in [0.2, 0.25) is 0 Å². The van der Waals surface area contributed by atoms with Crippen molar-refractivity contribution in [3.8, 4) is 5.06 Å². The number of nitrogens with one attached hydrogen (secondary N) is 1. The zero-order valence-corrected chi connectivity index (χ0v) is 12.1. The number of rotatable bonds is 7. The molecule has 0 aromatic carbocycles. The number of hydroxylamine groups is 1. The standard InChI is InChI=1S/C13H18ClNO2S/c1-9(2)4-5-10(3)17-13-7-6-11(18-13)8-12(14)15-16/h4-7,9,12,15-16H,3,8H2,1-2H3/b5-4-. The van der Waals surface area contributed by atoms with Crippen molar-refractivity contribution in [3.63, 3.8) is 0 Å². The minimum Gasteiger partial charge on any atom is -0.447 e. The Balaban J connectivity index is 2.51. The summed E-state index contributed by atoms with van der Waals surface area (Å²) in [7, 11) is 0. The maximum atomic E-state index is 8.64. The molecule has 1 aromatic heterocycles. The molecule has 0 aliphatic heterocycles. The Kier molecular flexibility index (Phi) is 6.43. The summed E-state index contributed by atoms with van der Waals surface area (Å²) in [5.41, 5.74) is 1.51. The first-order chi connectivity index (χ1) is 8.51. The van der Waals surface area contributed by atoms with Crippen LogP contribution in [0.25, 0.3) is 0 Å². The van der Waals surface area contributed by atoms with Crippen LogP contribution in [0.4, 0.5) is 0 Å². The van der Waals surface area contributed by atoms with Gasteiger partial charge in [-0.3, -0.25) is 0 Å². The van der Waals surface area contributed by atoms with Crippen LogP contribution in [0.5, 0.6) is 5.06 Å². The third kappa shape index (κ3) is 5.69. The molecule has 0 spiro atoms. The van der Waals surface area contributed by atoms with Crippen LogP contribution in [0.15, 0.2) is 36.6 Å². The Morgan fingerprint density at radius 2 is 2.33 bits per heavy atom. The monoisotopic (exact) mass is 287 g/mol. The quantitative estimate of drug-likeness (QED) is 0.262. The van der Waals surface area contributed by atoms with Crippen LogP contribution in [0.3, 0.4) is 0 Å². The van der Waals surface area contributed by atoms with Gasteiger partial charge in [0.1, 0.15) is 11.3 Å². The molecular formula is C13H18ClNO2S. The molecule has 1 aromatic rings. The van der Waals surface area contributed by atoms with E-state index in [1.165, 1.54) is 11.3 Å². The largest absolute Gasteiger partial charge is 0.447 e. The Morgan fingerprint density at radius 1 is 1.61 bits per heavy atom. The summed E-state index contributed by atoms with van der Waals surface area (Å²) in [5, 5.41) is 9.41. The summed E-state index contributed by atoms with van der Waals surface area (Å²) in [4.78, 5) is 1.03. The van der Waals surface area contributed by atoms with E-state index in [9.17, 15) is 0 Å². The first kappa shape index (κ1) is 15.2. The van der Waals surface area contributed by atoms with Gasteiger partial charge in [0.15, 0.2) is 5.06 Å². The zero-order chi connectivity index (χ0) is 13.5. The topological polar surface area (TPSA) is 41.5 Å². The molecule has 0 bridgehead atoms. The molecule has 0 aliphatic rings. The molecule has 1 unspecified atom stereocenters. The average Bonchev–Trinajstić information content (AvgIpc) is 2.73. The first-order valence-electron chi connectivity index (χ1n) is 5.68. The third-order valence-electron chi connectivity index (χ3n) is 2.06. The van der Waals surface area contributed by atoms with Crippen LogP contribution < -0.4 is 10.2 Å². The van der Waals surface area contributed by atoms with Crippen molar-refractivity contribution in [3.05, 3.63) is 41.5 Å². The summed E-state index contributed by atoms with van der Waals surface area (Å²) in [6, 6.07) is 3.79. The van der Waals surface area contributed by atoms with Crippen molar-refractivity contribution >= 4 is 22.9 Å². The normalized spacial score (nSPS) is 13.2. The van der Waals surface area contributed by atoms with Crippen molar-refractivity contribution in [1.29, 1.82) is 0 Å². The lowest BCUT2D eigenvalue weighted by Gasteiger charge is -2.04. The number of halogens is 1. The average molecular weight is 288 g/mol. The van der Waals surface area contributed by atoms with E-state index in [0.717, 1.165) is 9.94 Å². The van der Waals surface area contributed by atoms with Crippen LogP contribution in [0.1, 0.15) is 18.7 Å². The number of hydrogen-bond donors (Lipinski definition) is 2. The van der Waals surface area contributed by atoms with Gasteiger partial charge in [-0.1, -0.05) is 26.5 Å². The van der Waals surface area contributed by atoms with E-state index in [2.05, 4.69) is 20.4 Å². The van der Waals surface area contributed by atoms with E-state index in [1.807, 2.05) is 29.8 Å². The lowest BCUT2D eigenvalue weighted by molar-refractivity contribution is 0.154. The predicted molar refractivity (Wildman–Crippen MR) is 76.3 cm³/mol. The van der Waals surface area contributed by atoms with Gasteiger partial charge in [-0.2, -0.15) is 5.48 Å². The fourth-order valence-corrected chi connectivity index (χ4v) is 2.40. The van der Waals surface area contributed by atoms with Gasteiger partial charge in [-0.25, -0.2) is 0 Å². The highest BCUT2D eigenvalue weighted by Gasteiger charge is 2.07. The van der Waals surface area contributed by atoms with E-state index >= 15 is 0 Å². The van der Waals surface area contributed by atoms with Gasteiger partial charge in [0.25, 0.3) is 0 Å². The summed E-state index contributed by atoms with van der Waals surface area (Å²) >= 11 is 7.26. The molecule has 3 nitrogen and oxygen atoms in total. The zero-order valence-electron chi connectivity index (χ0n) is 10.5. The molecule has 1 rings (SSSR count). The smallest absolute Gasteiger partial charge is 0.181 e. The van der Waals surface area contributed by atoms with Gasteiger partial charge in [-0.15, -0.1) is 22.9 Å². The minimum atomic E-state index is -0.486. The Morgan fingerprint density at radius 3 is 2.94 bits per heavy atom.